The van der Waals surface area contributed by atoms with Gasteiger partial charge >= 0.3 is 0 Å². The largest absolute Gasteiger partial charge is 0.374 e. The fourth-order valence-corrected chi connectivity index (χ4v) is 2.51. The van der Waals surface area contributed by atoms with Crippen molar-refractivity contribution in [2.24, 2.45) is 0 Å². The van der Waals surface area contributed by atoms with Gasteiger partial charge in [0, 0.05) is 7.11 Å². The van der Waals surface area contributed by atoms with E-state index in [0.717, 1.165) is 5.56 Å². The second-order valence-electron chi connectivity index (χ2n) is 5.47. The SMILES string of the molecule is COC(O)C(COCc1ccccc1)n1cnc2c(=O)[nH]c(N)nc21. The highest BCUT2D eigenvalue weighted by Gasteiger charge is 2.24. The maximum atomic E-state index is 11.9. The number of aromatic amines is 1. The molecule has 3 rings (SSSR count). The second kappa shape index (κ2) is 7.43. The number of aliphatic hydroxyl groups excluding tert-OH is 1. The van der Waals surface area contributed by atoms with E-state index in [1.54, 1.807) is 0 Å². The highest BCUT2D eigenvalue weighted by molar-refractivity contribution is 5.70. The summed E-state index contributed by atoms with van der Waals surface area (Å²) in [6.45, 7) is 0.500. The minimum Gasteiger partial charge on any atom is -0.374 e. The average Bonchev–Trinajstić information content (AvgIpc) is 3.03. The van der Waals surface area contributed by atoms with E-state index in [9.17, 15) is 9.90 Å². The minimum atomic E-state index is -1.17. The Balaban J connectivity index is 1.85. The molecule has 2 aromatic heterocycles. The van der Waals surface area contributed by atoms with E-state index in [1.807, 2.05) is 30.3 Å². The van der Waals surface area contributed by atoms with Crippen LogP contribution in [0.25, 0.3) is 11.2 Å². The number of rotatable bonds is 7. The van der Waals surface area contributed by atoms with Gasteiger partial charge in [0.15, 0.2) is 17.5 Å². The van der Waals surface area contributed by atoms with Crippen molar-refractivity contribution in [1.29, 1.82) is 0 Å². The molecule has 25 heavy (non-hydrogen) atoms. The first-order chi connectivity index (χ1) is 12.1. The van der Waals surface area contributed by atoms with Gasteiger partial charge in [-0.15, -0.1) is 0 Å². The zero-order chi connectivity index (χ0) is 17.8. The molecule has 9 nitrogen and oxygen atoms in total. The summed E-state index contributed by atoms with van der Waals surface area (Å²) in [6, 6.07) is 9.00. The number of aromatic nitrogens is 4. The number of H-pyrrole nitrogens is 1. The number of methoxy groups -OCH3 is 1. The Hall–Kier alpha value is -2.75. The molecule has 0 aliphatic rings. The molecular weight excluding hydrogens is 326 g/mol. The number of ether oxygens (including phenoxy) is 2. The van der Waals surface area contributed by atoms with Gasteiger partial charge in [-0.1, -0.05) is 30.3 Å². The van der Waals surface area contributed by atoms with E-state index in [0.29, 0.717) is 6.61 Å². The lowest BCUT2D eigenvalue weighted by molar-refractivity contribution is -0.123. The smallest absolute Gasteiger partial charge is 0.280 e. The molecule has 2 unspecified atom stereocenters. The van der Waals surface area contributed by atoms with Crippen molar-refractivity contribution in [2.75, 3.05) is 19.5 Å². The predicted molar refractivity (Wildman–Crippen MR) is 90.7 cm³/mol. The molecule has 3 aromatic rings. The van der Waals surface area contributed by atoms with Gasteiger partial charge in [-0.05, 0) is 5.56 Å². The Morgan fingerprint density at radius 2 is 2.12 bits per heavy atom. The zero-order valence-corrected chi connectivity index (χ0v) is 13.6. The number of hydrogen-bond acceptors (Lipinski definition) is 7. The first-order valence-corrected chi connectivity index (χ1v) is 7.65. The van der Waals surface area contributed by atoms with Crippen LogP contribution in [0.2, 0.25) is 0 Å². The molecule has 2 atom stereocenters. The van der Waals surface area contributed by atoms with Gasteiger partial charge in [0.1, 0.15) is 6.04 Å². The number of aliphatic hydroxyl groups is 1. The third kappa shape index (κ3) is 3.68. The summed E-state index contributed by atoms with van der Waals surface area (Å²) in [5.74, 6) is -0.0323. The standard InChI is InChI=1S/C16H19N5O4/c1-24-15(23)11(8-25-7-10-5-3-2-4-6-10)21-9-18-12-13(21)19-16(17)20-14(12)22/h2-6,9,11,15,23H,7-8H2,1H3,(H3,17,19,20,22). The molecule has 0 saturated heterocycles. The molecule has 0 aliphatic carbocycles. The van der Waals surface area contributed by atoms with Crippen molar-refractivity contribution in [3.8, 4) is 0 Å². The highest BCUT2D eigenvalue weighted by atomic mass is 16.6. The maximum absolute atomic E-state index is 11.9. The molecule has 0 saturated carbocycles. The van der Waals surface area contributed by atoms with Crippen LogP contribution in [0.1, 0.15) is 11.6 Å². The molecule has 132 valence electrons. The van der Waals surface area contributed by atoms with Crippen LogP contribution in [0.3, 0.4) is 0 Å². The van der Waals surface area contributed by atoms with Crippen molar-refractivity contribution >= 4 is 17.1 Å². The first kappa shape index (κ1) is 17.1. The number of nitrogens with zero attached hydrogens (tertiary/aromatic N) is 3. The van der Waals surface area contributed by atoms with Crippen molar-refractivity contribution in [2.45, 2.75) is 18.9 Å². The van der Waals surface area contributed by atoms with E-state index in [1.165, 1.54) is 18.0 Å². The number of benzene rings is 1. The second-order valence-corrected chi connectivity index (χ2v) is 5.47. The van der Waals surface area contributed by atoms with Crippen LogP contribution in [0.4, 0.5) is 5.95 Å². The Morgan fingerprint density at radius 1 is 1.36 bits per heavy atom. The van der Waals surface area contributed by atoms with E-state index in [2.05, 4.69) is 15.0 Å². The molecule has 0 aliphatic heterocycles. The summed E-state index contributed by atoms with van der Waals surface area (Å²) < 4.78 is 12.3. The van der Waals surface area contributed by atoms with E-state index in [-0.39, 0.29) is 23.7 Å². The Kier molecular flexibility index (Phi) is 5.08. The van der Waals surface area contributed by atoms with E-state index < -0.39 is 17.9 Å². The number of nitrogen functional groups attached to an aromatic ring is 1. The first-order valence-electron chi connectivity index (χ1n) is 7.65. The summed E-state index contributed by atoms with van der Waals surface area (Å²) in [4.78, 5) is 22.4. The van der Waals surface area contributed by atoms with Gasteiger partial charge in [-0.3, -0.25) is 9.78 Å². The molecule has 0 bridgehead atoms. The van der Waals surface area contributed by atoms with Crippen molar-refractivity contribution < 1.29 is 14.6 Å². The van der Waals surface area contributed by atoms with Gasteiger partial charge < -0.3 is 24.9 Å². The van der Waals surface area contributed by atoms with Gasteiger partial charge in [0.2, 0.25) is 5.95 Å². The lowest BCUT2D eigenvalue weighted by Gasteiger charge is -2.23. The fourth-order valence-electron chi connectivity index (χ4n) is 2.51. The normalized spacial score (nSPS) is 13.8. The molecule has 0 amide bonds. The average molecular weight is 345 g/mol. The number of imidazole rings is 1. The minimum absolute atomic E-state index is 0.0323. The Bertz CT molecular complexity index is 892. The number of fused-ring (bicyclic) bond motifs is 1. The topological polar surface area (TPSA) is 128 Å². The lowest BCUT2D eigenvalue weighted by atomic mass is 10.2. The van der Waals surface area contributed by atoms with Crippen LogP contribution in [0.15, 0.2) is 41.5 Å². The third-order valence-electron chi connectivity index (χ3n) is 3.78. The molecule has 9 heteroatoms. The van der Waals surface area contributed by atoms with Crippen LogP contribution >= 0.6 is 0 Å². The van der Waals surface area contributed by atoms with Gasteiger partial charge in [-0.25, -0.2) is 4.98 Å². The summed E-state index contributed by atoms with van der Waals surface area (Å²) in [5.41, 5.74) is 6.55. The number of anilines is 1. The van der Waals surface area contributed by atoms with Crippen molar-refractivity contribution in [3.63, 3.8) is 0 Å². The van der Waals surface area contributed by atoms with Gasteiger partial charge in [0.05, 0.1) is 19.5 Å². The van der Waals surface area contributed by atoms with Crippen molar-refractivity contribution in [3.05, 3.63) is 52.6 Å². The molecule has 2 heterocycles. The molecule has 0 spiro atoms. The van der Waals surface area contributed by atoms with Crippen LogP contribution in [0.5, 0.6) is 0 Å². The molecule has 0 radical (unpaired) electrons. The molecular formula is C16H19N5O4. The lowest BCUT2D eigenvalue weighted by Crippen LogP contribution is -2.30. The van der Waals surface area contributed by atoms with E-state index in [4.69, 9.17) is 15.2 Å². The summed E-state index contributed by atoms with van der Waals surface area (Å²) >= 11 is 0. The Labute approximate surface area is 143 Å². The summed E-state index contributed by atoms with van der Waals surface area (Å²) in [7, 11) is 1.38. The van der Waals surface area contributed by atoms with Crippen LogP contribution in [-0.4, -0.2) is 44.6 Å². The van der Waals surface area contributed by atoms with Crippen LogP contribution in [0, 0.1) is 0 Å². The highest BCUT2D eigenvalue weighted by Crippen LogP contribution is 2.19. The summed E-state index contributed by atoms with van der Waals surface area (Å²) in [5, 5.41) is 10.2. The number of hydrogen-bond donors (Lipinski definition) is 3. The van der Waals surface area contributed by atoms with E-state index >= 15 is 0 Å². The number of nitrogens with two attached hydrogens (primary N) is 1. The van der Waals surface area contributed by atoms with Crippen molar-refractivity contribution in [1.82, 2.24) is 19.5 Å². The molecule has 4 N–H and O–H groups in total. The monoisotopic (exact) mass is 345 g/mol. The van der Waals surface area contributed by atoms with Crippen LogP contribution < -0.4 is 11.3 Å². The predicted octanol–water partition coefficient (Wildman–Crippen LogP) is 0.425. The molecule has 1 aromatic carbocycles. The Morgan fingerprint density at radius 3 is 2.84 bits per heavy atom. The molecule has 0 fully saturated rings. The van der Waals surface area contributed by atoms with Crippen LogP contribution in [-0.2, 0) is 16.1 Å². The third-order valence-corrected chi connectivity index (χ3v) is 3.78. The number of nitrogens with one attached hydrogen (secondary N) is 1. The van der Waals surface area contributed by atoms with Gasteiger partial charge in [-0.2, -0.15) is 4.98 Å². The zero-order valence-electron chi connectivity index (χ0n) is 13.6. The quantitative estimate of drug-likeness (QED) is 0.529. The fraction of sp³-hybridized carbons (Fsp3) is 0.312. The summed E-state index contributed by atoms with van der Waals surface area (Å²) in [6.07, 6.45) is 0.237. The maximum Gasteiger partial charge on any atom is 0.280 e. The van der Waals surface area contributed by atoms with Gasteiger partial charge in [0.25, 0.3) is 5.56 Å².